The second-order valence-corrected chi connectivity index (χ2v) is 9.05. The molecule has 0 radical (unpaired) electrons. The molecule has 0 amide bonds. The third kappa shape index (κ3) is 4.15. The predicted molar refractivity (Wildman–Crippen MR) is 93.5 cm³/mol. The number of hydrogen-bond donors (Lipinski definition) is 1. The third-order valence-electron chi connectivity index (χ3n) is 5.38. The van der Waals surface area contributed by atoms with E-state index in [1.165, 1.54) is 24.8 Å². The van der Waals surface area contributed by atoms with E-state index < -0.39 is 21.8 Å². The Kier molecular flexibility index (Phi) is 5.34. The summed E-state index contributed by atoms with van der Waals surface area (Å²) < 4.78 is 28.6. The lowest BCUT2D eigenvalue weighted by atomic mass is 9.85. The maximum Gasteiger partial charge on any atom is 0.320 e. The van der Waals surface area contributed by atoms with Gasteiger partial charge in [0.15, 0.2) is 9.84 Å². The molecule has 6 nitrogen and oxygen atoms in total. The average Bonchev–Trinajstić information content (AvgIpc) is 2.94. The Morgan fingerprint density at radius 3 is 2.56 bits per heavy atom. The molecule has 3 rings (SSSR count). The Balaban J connectivity index is 1.59. The molecule has 1 N–H and O–H groups in total. The lowest BCUT2D eigenvalue weighted by Gasteiger charge is -2.32. The van der Waals surface area contributed by atoms with Crippen molar-refractivity contribution in [3.63, 3.8) is 0 Å². The van der Waals surface area contributed by atoms with E-state index in [0.717, 1.165) is 25.7 Å². The highest BCUT2D eigenvalue weighted by atomic mass is 32.2. The molecular formula is C18H25NO5S. The number of ether oxygens (including phenoxy) is 1. The van der Waals surface area contributed by atoms with Crippen molar-refractivity contribution < 1.29 is 23.1 Å². The first-order valence-electron chi connectivity index (χ1n) is 8.78. The van der Waals surface area contributed by atoms with E-state index in [9.17, 15) is 18.3 Å². The van der Waals surface area contributed by atoms with Gasteiger partial charge in [0.25, 0.3) is 0 Å². The molecule has 0 aromatic heterocycles. The van der Waals surface area contributed by atoms with Crippen molar-refractivity contribution in [1.82, 2.24) is 4.90 Å². The number of carbonyl (C=O) groups is 1. The number of hydrogen-bond acceptors (Lipinski definition) is 5. The van der Waals surface area contributed by atoms with E-state index in [4.69, 9.17) is 4.74 Å². The number of rotatable bonds is 6. The summed E-state index contributed by atoms with van der Waals surface area (Å²) >= 11 is 0. The Morgan fingerprint density at radius 1 is 1.24 bits per heavy atom. The third-order valence-corrected chi connectivity index (χ3v) is 6.50. The maximum atomic E-state index is 11.6. The van der Waals surface area contributed by atoms with Crippen LogP contribution in [0.3, 0.4) is 0 Å². The SMILES string of the molecule is CS(=O)(=O)c1ccc(OCCN2C(C(=O)O)CC3CCCCC32)cc1. The topological polar surface area (TPSA) is 83.9 Å². The monoisotopic (exact) mass is 367 g/mol. The van der Waals surface area contributed by atoms with Crippen LogP contribution in [0.15, 0.2) is 29.2 Å². The van der Waals surface area contributed by atoms with Crippen LogP contribution in [0.4, 0.5) is 0 Å². The Bertz CT molecular complexity index is 715. The molecule has 7 heteroatoms. The van der Waals surface area contributed by atoms with Crippen molar-refractivity contribution in [3.8, 4) is 5.75 Å². The number of aliphatic carboxylic acids is 1. The van der Waals surface area contributed by atoms with Crippen LogP contribution in [0.1, 0.15) is 32.1 Å². The van der Waals surface area contributed by atoms with Crippen LogP contribution in [-0.4, -0.2) is 55.9 Å². The number of nitrogens with zero attached hydrogens (tertiary/aromatic N) is 1. The largest absolute Gasteiger partial charge is 0.492 e. The van der Waals surface area contributed by atoms with E-state index >= 15 is 0 Å². The van der Waals surface area contributed by atoms with Crippen molar-refractivity contribution in [2.45, 2.75) is 49.1 Å². The molecule has 0 spiro atoms. The fraction of sp³-hybridized carbons (Fsp3) is 0.611. The predicted octanol–water partition coefficient (Wildman–Crippen LogP) is 2.19. The van der Waals surface area contributed by atoms with Crippen LogP contribution < -0.4 is 4.74 Å². The molecule has 1 aliphatic carbocycles. The summed E-state index contributed by atoms with van der Waals surface area (Å²) in [7, 11) is -3.21. The molecular weight excluding hydrogens is 342 g/mol. The molecule has 1 aliphatic heterocycles. The number of sulfone groups is 1. The quantitative estimate of drug-likeness (QED) is 0.830. The van der Waals surface area contributed by atoms with Gasteiger partial charge in [0.2, 0.25) is 0 Å². The Labute approximate surface area is 148 Å². The lowest BCUT2D eigenvalue weighted by molar-refractivity contribution is -0.142. The van der Waals surface area contributed by atoms with Crippen molar-refractivity contribution >= 4 is 15.8 Å². The second kappa shape index (κ2) is 7.33. The molecule has 3 unspecified atom stereocenters. The highest BCUT2D eigenvalue weighted by Crippen LogP contribution is 2.39. The van der Waals surface area contributed by atoms with Gasteiger partial charge < -0.3 is 9.84 Å². The number of benzene rings is 1. The smallest absolute Gasteiger partial charge is 0.320 e. The fourth-order valence-corrected chi connectivity index (χ4v) is 4.80. The molecule has 1 aromatic carbocycles. The van der Waals surface area contributed by atoms with Crippen LogP contribution in [0, 0.1) is 5.92 Å². The standard InChI is InChI=1S/C18H25NO5S/c1-25(22,23)15-8-6-14(7-9-15)24-11-10-19-16-5-3-2-4-13(16)12-17(19)18(20)21/h6-9,13,16-17H,2-5,10-12H2,1H3,(H,20,21). The van der Waals surface area contributed by atoms with Gasteiger partial charge in [-0.25, -0.2) is 8.42 Å². The van der Waals surface area contributed by atoms with Crippen LogP contribution in [0.5, 0.6) is 5.75 Å². The average molecular weight is 367 g/mol. The minimum absolute atomic E-state index is 0.260. The summed E-state index contributed by atoms with van der Waals surface area (Å²) in [4.78, 5) is 13.9. The van der Waals surface area contributed by atoms with Gasteiger partial charge in [-0.1, -0.05) is 12.8 Å². The molecule has 3 atom stereocenters. The number of carboxylic acid groups (broad SMARTS) is 1. The van der Waals surface area contributed by atoms with E-state index in [1.54, 1.807) is 12.1 Å². The first-order chi connectivity index (χ1) is 11.9. The molecule has 138 valence electrons. The van der Waals surface area contributed by atoms with Gasteiger partial charge in [0.1, 0.15) is 18.4 Å². The molecule has 0 bridgehead atoms. The summed E-state index contributed by atoms with van der Waals surface area (Å²) in [6.07, 6.45) is 6.46. The summed E-state index contributed by atoms with van der Waals surface area (Å²) in [5.74, 6) is 0.342. The van der Waals surface area contributed by atoms with Crippen LogP contribution in [0.2, 0.25) is 0 Å². The van der Waals surface area contributed by atoms with E-state index in [0.29, 0.717) is 30.9 Å². The first-order valence-corrected chi connectivity index (χ1v) is 10.7. The molecule has 1 aromatic rings. The minimum Gasteiger partial charge on any atom is -0.492 e. The zero-order valence-corrected chi connectivity index (χ0v) is 15.2. The summed E-state index contributed by atoms with van der Waals surface area (Å²) in [6, 6.07) is 6.27. The molecule has 2 fully saturated rings. The van der Waals surface area contributed by atoms with Gasteiger partial charge in [-0.05, 0) is 49.4 Å². The van der Waals surface area contributed by atoms with Crippen molar-refractivity contribution in [2.24, 2.45) is 5.92 Å². The molecule has 2 aliphatic rings. The minimum atomic E-state index is -3.21. The van der Waals surface area contributed by atoms with Gasteiger partial charge in [0, 0.05) is 18.8 Å². The van der Waals surface area contributed by atoms with E-state index in [-0.39, 0.29) is 4.90 Å². The molecule has 1 heterocycles. The lowest BCUT2D eigenvalue weighted by Crippen LogP contribution is -2.44. The van der Waals surface area contributed by atoms with Crippen molar-refractivity contribution in [1.29, 1.82) is 0 Å². The summed E-state index contributed by atoms with van der Waals surface area (Å²) in [6.45, 7) is 0.969. The van der Waals surface area contributed by atoms with Crippen LogP contribution in [-0.2, 0) is 14.6 Å². The van der Waals surface area contributed by atoms with Crippen molar-refractivity contribution in [2.75, 3.05) is 19.4 Å². The highest BCUT2D eigenvalue weighted by Gasteiger charge is 2.44. The Morgan fingerprint density at radius 2 is 1.92 bits per heavy atom. The van der Waals surface area contributed by atoms with Crippen LogP contribution >= 0.6 is 0 Å². The number of fused-ring (bicyclic) bond motifs is 1. The van der Waals surface area contributed by atoms with E-state index in [2.05, 4.69) is 4.90 Å². The number of likely N-dealkylation sites (tertiary alicyclic amines) is 1. The van der Waals surface area contributed by atoms with Gasteiger partial charge >= 0.3 is 5.97 Å². The summed E-state index contributed by atoms with van der Waals surface area (Å²) in [5.41, 5.74) is 0. The summed E-state index contributed by atoms with van der Waals surface area (Å²) in [5, 5.41) is 9.51. The zero-order chi connectivity index (χ0) is 18.0. The number of carboxylic acids is 1. The second-order valence-electron chi connectivity index (χ2n) is 7.03. The van der Waals surface area contributed by atoms with Crippen LogP contribution in [0.25, 0.3) is 0 Å². The van der Waals surface area contributed by atoms with Gasteiger partial charge in [-0.15, -0.1) is 0 Å². The molecule has 1 saturated carbocycles. The van der Waals surface area contributed by atoms with Gasteiger partial charge in [0.05, 0.1) is 4.90 Å². The highest BCUT2D eigenvalue weighted by molar-refractivity contribution is 7.90. The van der Waals surface area contributed by atoms with E-state index in [1.807, 2.05) is 0 Å². The van der Waals surface area contributed by atoms with Crippen molar-refractivity contribution in [3.05, 3.63) is 24.3 Å². The first kappa shape index (κ1) is 18.2. The zero-order valence-electron chi connectivity index (χ0n) is 14.4. The normalized spacial score (nSPS) is 27.0. The fourth-order valence-electron chi connectivity index (χ4n) is 4.17. The molecule has 1 saturated heterocycles. The van der Waals surface area contributed by atoms with Gasteiger partial charge in [-0.2, -0.15) is 0 Å². The molecule has 25 heavy (non-hydrogen) atoms. The van der Waals surface area contributed by atoms with Gasteiger partial charge in [-0.3, -0.25) is 9.69 Å². The maximum absolute atomic E-state index is 11.6. The Hall–Kier alpha value is -1.60.